The molecular formula is C8H10F2N2. The van der Waals surface area contributed by atoms with Gasteiger partial charge in [-0.15, -0.1) is 0 Å². The number of nitrogen functional groups attached to an aromatic ring is 1. The van der Waals surface area contributed by atoms with E-state index in [2.05, 4.69) is 4.98 Å². The van der Waals surface area contributed by atoms with E-state index in [1.165, 1.54) is 6.20 Å². The molecule has 0 saturated carbocycles. The van der Waals surface area contributed by atoms with Gasteiger partial charge in [0.25, 0.3) is 6.43 Å². The molecule has 0 aliphatic rings. The van der Waals surface area contributed by atoms with Crippen LogP contribution in [0.25, 0.3) is 0 Å². The van der Waals surface area contributed by atoms with Gasteiger partial charge in [0.05, 0.1) is 11.9 Å². The third-order valence-corrected chi connectivity index (χ3v) is 1.93. The summed E-state index contributed by atoms with van der Waals surface area (Å²) in [6.07, 6.45) is -1.26. The largest absolute Gasteiger partial charge is 0.397 e. The molecule has 0 fully saturated rings. The maximum atomic E-state index is 12.2. The zero-order chi connectivity index (χ0) is 9.30. The second-order valence-electron chi connectivity index (χ2n) is 2.65. The molecule has 0 unspecified atom stereocenters. The average Bonchev–Trinajstić information content (AvgIpc) is 2.00. The molecule has 1 rings (SSSR count). The Morgan fingerprint density at radius 1 is 1.33 bits per heavy atom. The zero-order valence-corrected chi connectivity index (χ0v) is 6.94. The minimum Gasteiger partial charge on any atom is -0.397 e. The summed E-state index contributed by atoms with van der Waals surface area (Å²) in [6, 6.07) is 0. The van der Waals surface area contributed by atoms with Gasteiger partial charge in [-0.2, -0.15) is 0 Å². The van der Waals surface area contributed by atoms with Gasteiger partial charge in [-0.25, -0.2) is 8.78 Å². The first kappa shape index (κ1) is 8.90. The fourth-order valence-electron chi connectivity index (χ4n) is 0.961. The summed E-state index contributed by atoms with van der Waals surface area (Å²) >= 11 is 0. The third-order valence-electron chi connectivity index (χ3n) is 1.93. The number of halogens is 2. The van der Waals surface area contributed by atoms with Crippen LogP contribution in [0.15, 0.2) is 6.20 Å². The summed E-state index contributed by atoms with van der Waals surface area (Å²) in [6.45, 7) is 3.30. The van der Waals surface area contributed by atoms with Crippen LogP contribution in [0.3, 0.4) is 0 Å². The van der Waals surface area contributed by atoms with Crippen LogP contribution in [0, 0.1) is 13.8 Å². The fraction of sp³-hybridized carbons (Fsp3) is 0.375. The molecule has 1 aromatic heterocycles. The number of rotatable bonds is 1. The molecule has 0 bridgehead atoms. The number of nitrogens with two attached hydrogens (primary N) is 1. The van der Waals surface area contributed by atoms with Gasteiger partial charge < -0.3 is 5.73 Å². The highest BCUT2D eigenvalue weighted by Crippen LogP contribution is 2.24. The van der Waals surface area contributed by atoms with Crippen molar-refractivity contribution >= 4 is 5.69 Å². The molecule has 0 atom stereocenters. The van der Waals surface area contributed by atoms with Crippen molar-refractivity contribution < 1.29 is 8.78 Å². The molecule has 1 heterocycles. The smallest absolute Gasteiger partial charge is 0.280 e. The lowest BCUT2D eigenvalue weighted by Gasteiger charge is -2.08. The quantitative estimate of drug-likeness (QED) is 0.705. The van der Waals surface area contributed by atoms with Crippen LogP contribution >= 0.6 is 0 Å². The molecule has 0 saturated heterocycles. The van der Waals surface area contributed by atoms with Gasteiger partial charge in [0.2, 0.25) is 0 Å². The van der Waals surface area contributed by atoms with Gasteiger partial charge in [0, 0.05) is 0 Å². The summed E-state index contributed by atoms with van der Waals surface area (Å²) in [4.78, 5) is 3.56. The summed E-state index contributed by atoms with van der Waals surface area (Å²) < 4.78 is 24.5. The standard InChI is InChI=1S/C8H10F2N2/c1-4-5(2)7(8(9)10)12-3-6(4)11/h3,8H,11H2,1-2H3. The third kappa shape index (κ3) is 1.37. The predicted molar refractivity (Wildman–Crippen MR) is 43.1 cm³/mol. The Hall–Kier alpha value is -1.19. The molecule has 0 spiro atoms. The molecule has 0 amide bonds. The van der Waals surface area contributed by atoms with E-state index in [1.54, 1.807) is 13.8 Å². The number of aromatic nitrogens is 1. The van der Waals surface area contributed by atoms with Gasteiger partial charge in [-0.1, -0.05) is 0 Å². The first-order chi connectivity index (χ1) is 5.54. The lowest BCUT2D eigenvalue weighted by atomic mass is 10.1. The van der Waals surface area contributed by atoms with Crippen molar-refractivity contribution in [2.75, 3.05) is 5.73 Å². The van der Waals surface area contributed by atoms with Crippen molar-refractivity contribution in [3.63, 3.8) is 0 Å². The first-order valence-corrected chi connectivity index (χ1v) is 3.53. The van der Waals surface area contributed by atoms with Crippen molar-refractivity contribution in [1.82, 2.24) is 4.98 Å². The zero-order valence-electron chi connectivity index (χ0n) is 6.94. The minimum atomic E-state index is -2.52. The van der Waals surface area contributed by atoms with Crippen LogP contribution in [0.4, 0.5) is 14.5 Å². The van der Waals surface area contributed by atoms with Crippen molar-refractivity contribution in [3.8, 4) is 0 Å². The molecule has 0 radical (unpaired) electrons. The van der Waals surface area contributed by atoms with Crippen LogP contribution in [0.1, 0.15) is 23.2 Å². The molecule has 0 aromatic carbocycles. The average molecular weight is 172 g/mol. The second kappa shape index (κ2) is 3.05. The summed E-state index contributed by atoms with van der Waals surface area (Å²) in [5.74, 6) is 0. The molecular weight excluding hydrogens is 162 g/mol. The van der Waals surface area contributed by atoms with E-state index in [9.17, 15) is 8.78 Å². The molecule has 4 heteroatoms. The van der Waals surface area contributed by atoms with E-state index >= 15 is 0 Å². The second-order valence-corrected chi connectivity index (χ2v) is 2.65. The number of pyridine rings is 1. The highest BCUT2D eigenvalue weighted by molar-refractivity contribution is 5.49. The molecule has 0 aliphatic heterocycles. The predicted octanol–water partition coefficient (Wildman–Crippen LogP) is 2.22. The Morgan fingerprint density at radius 2 is 1.92 bits per heavy atom. The summed E-state index contributed by atoms with van der Waals surface area (Å²) in [7, 11) is 0. The van der Waals surface area contributed by atoms with E-state index in [0.717, 1.165) is 0 Å². The van der Waals surface area contributed by atoms with Crippen LogP contribution < -0.4 is 5.73 Å². The number of anilines is 1. The van der Waals surface area contributed by atoms with Crippen molar-refractivity contribution in [1.29, 1.82) is 0 Å². The Morgan fingerprint density at radius 3 is 2.42 bits per heavy atom. The highest BCUT2D eigenvalue weighted by Gasteiger charge is 2.14. The van der Waals surface area contributed by atoms with E-state index in [0.29, 0.717) is 16.8 Å². The molecule has 1 aromatic rings. The normalized spacial score (nSPS) is 10.8. The molecule has 12 heavy (non-hydrogen) atoms. The maximum Gasteiger partial charge on any atom is 0.280 e. The molecule has 2 nitrogen and oxygen atoms in total. The topological polar surface area (TPSA) is 38.9 Å². The Labute approximate surface area is 69.4 Å². The van der Waals surface area contributed by atoms with Gasteiger partial charge in [0.15, 0.2) is 0 Å². The van der Waals surface area contributed by atoms with Crippen LogP contribution in [-0.4, -0.2) is 4.98 Å². The number of hydrogen-bond donors (Lipinski definition) is 1. The van der Waals surface area contributed by atoms with E-state index in [4.69, 9.17) is 5.73 Å². The number of alkyl halides is 2. The summed E-state index contributed by atoms with van der Waals surface area (Å²) in [5, 5.41) is 0. The lowest BCUT2D eigenvalue weighted by molar-refractivity contribution is 0.145. The fourth-order valence-corrected chi connectivity index (χ4v) is 0.961. The Bertz CT molecular complexity index is 297. The lowest BCUT2D eigenvalue weighted by Crippen LogP contribution is -2.00. The van der Waals surface area contributed by atoms with Gasteiger partial charge >= 0.3 is 0 Å². The minimum absolute atomic E-state index is 0.179. The van der Waals surface area contributed by atoms with Crippen LogP contribution in [-0.2, 0) is 0 Å². The van der Waals surface area contributed by atoms with E-state index < -0.39 is 6.43 Å². The molecule has 2 N–H and O–H groups in total. The highest BCUT2D eigenvalue weighted by atomic mass is 19.3. The number of nitrogens with zero attached hydrogens (tertiary/aromatic N) is 1. The van der Waals surface area contributed by atoms with Crippen molar-refractivity contribution in [2.24, 2.45) is 0 Å². The number of hydrogen-bond acceptors (Lipinski definition) is 2. The molecule has 0 aliphatic carbocycles. The van der Waals surface area contributed by atoms with Gasteiger partial charge in [0.1, 0.15) is 5.69 Å². The first-order valence-electron chi connectivity index (χ1n) is 3.53. The van der Waals surface area contributed by atoms with Gasteiger partial charge in [-0.05, 0) is 25.0 Å². The Balaban J connectivity index is 3.27. The van der Waals surface area contributed by atoms with Crippen LogP contribution in [0.2, 0.25) is 0 Å². The van der Waals surface area contributed by atoms with Gasteiger partial charge in [-0.3, -0.25) is 4.98 Å². The summed E-state index contributed by atoms with van der Waals surface area (Å²) in [5.41, 5.74) is 6.92. The monoisotopic (exact) mass is 172 g/mol. The van der Waals surface area contributed by atoms with Crippen LogP contribution in [0.5, 0.6) is 0 Å². The van der Waals surface area contributed by atoms with Crippen molar-refractivity contribution in [2.45, 2.75) is 20.3 Å². The molecule has 66 valence electrons. The Kier molecular flexibility index (Phi) is 2.26. The maximum absolute atomic E-state index is 12.2. The van der Waals surface area contributed by atoms with E-state index in [-0.39, 0.29) is 5.69 Å². The van der Waals surface area contributed by atoms with Crippen molar-refractivity contribution in [3.05, 3.63) is 23.0 Å². The SMILES string of the molecule is Cc1c(N)cnc(C(F)F)c1C. The van der Waals surface area contributed by atoms with E-state index in [1.807, 2.05) is 0 Å².